The zero-order valence-electron chi connectivity index (χ0n) is 19.1. The third-order valence-electron chi connectivity index (χ3n) is 6.28. The van der Waals surface area contributed by atoms with E-state index in [1.54, 1.807) is 33.5 Å². The Labute approximate surface area is 180 Å². The van der Waals surface area contributed by atoms with Crippen LogP contribution in [0.25, 0.3) is 0 Å². The van der Waals surface area contributed by atoms with Crippen LogP contribution in [0.4, 0.5) is 10.5 Å². The van der Waals surface area contributed by atoms with Gasteiger partial charge in [0.05, 0.1) is 27.0 Å². The Morgan fingerprint density at radius 1 is 1.00 bits per heavy atom. The van der Waals surface area contributed by atoms with Crippen molar-refractivity contribution in [3.05, 3.63) is 12.1 Å². The SMILES string of the molecule is COc1cc(NC(=O)N2CCC(CN3C[C@H](C)C[C@@H](C)C3)CC2)cc(OC)c1OC. The van der Waals surface area contributed by atoms with E-state index in [1.807, 2.05) is 4.90 Å². The minimum absolute atomic E-state index is 0.0806. The number of urea groups is 1. The lowest BCUT2D eigenvalue weighted by molar-refractivity contribution is 0.101. The number of carbonyl (C=O) groups is 1. The number of likely N-dealkylation sites (tertiary alicyclic amines) is 2. The number of hydrogen-bond donors (Lipinski definition) is 1. The fraction of sp³-hybridized carbons (Fsp3) is 0.696. The summed E-state index contributed by atoms with van der Waals surface area (Å²) in [5.41, 5.74) is 0.632. The largest absolute Gasteiger partial charge is 0.493 e. The molecule has 0 aliphatic carbocycles. The average molecular weight is 420 g/mol. The van der Waals surface area contributed by atoms with Gasteiger partial charge in [-0.2, -0.15) is 0 Å². The molecule has 0 unspecified atom stereocenters. The third kappa shape index (κ3) is 5.50. The second-order valence-electron chi connectivity index (χ2n) is 8.94. The van der Waals surface area contributed by atoms with Gasteiger partial charge in [0.25, 0.3) is 0 Å². The molecule has 1 N–H and O–H groups in total. The molecule has 30 heavy (non-hydrogen) atoms. The molecule has 0 spiro atoms. The summed E-state index contributed by atoms with van der Waals surface area (Å²) in [6, 6.07) is 3.43. The molecule has 0 bridgehead atoms. The number of anilines is 1. The molecule has 0 radical (unpaired) electrons. The van der Waals surface area contributed by atoms with Crippen LogP contribution in [-0.2, 0) is 0 Å². The number of methoxy groups -OCH3 is 3. The van der Waals surface area contributed by atoms with Gasteiger partial charge in [0, 0.05) is 44.9 Å². The van der Waals surface area contributed by atoms with E-state index in [9.17, 15) is 4.79 Å². The third-order valence-corrected chi connectivity index (χ3v) is 6.28. The standard InChI is InChI=1S/C23H37N3O4/c1-16-10-17(2)14-25(13-16)15-18-6-8-26(9-7-18)23(27)24-19-11-20(28-3)22(30-5)21(12-19)29-4/h11-12,16-18H,6-10,13-15H2,1-5H3,(H,24,27)/t16-,17-/m1/s1. The molecule has 1 aromatic carbocycles. The van der Waals surface area contributed by atoms with Crippen LogP contribution in [0, 0.1) is 17.8 Å². The van der Waals surface area contributed by atoms with E-state index in [0.29, 0.717) is 28.9 Å². The van der Waals surface area contributed by atoms with Gasteiger partial charge < -0.3 is 29.3 Å². The molecule has 3 rings (SSSR count). The maximum atomic E-state index is 12.8. The van der Waals surface area contributed by atoms with E-state index in [-0.39, 0.29) is 6.03 Å². The molecule has 2 aliphatic heterocycles. The molecular weight excluding hydrogens is 382 g/mol. The molecule has 2 heterocycles. The lowest BCUT2D eigenvalue weighted by Crippen LogP contribution is -2.46. The second kappa shape index (κ2) is 10.2. The number of hydrogen-bond acceptors (Lipinski definition) is 5. The van der Waals surface area contributed by atoms with Crippen LogP contribution in [0.1, 0.15) is 33.1 Å². The van der Waals surface area contributed by atoms with Crippen LogP contribution in [0.15, 0.2) is 12.1 Å². The Hall–Kier alpha value is -2.15. The van der Waals surface area contributed by atoms with Crippen molar-refractivity contribution in [1.82, 2.24) is 9.80 Å². The highest BCUT2D eigenvalue weighted by Gasteiger charge is 2.28. The number of rotatable bonds is 6. The summed E-state index contributed by atoms with van der Waals surface area (Å²) < 4.78 is 16.1. The normalized spacial score (nSPS) is 23.2. The Balaban J connectivity index is 1.53. The van der Waals surface area contributed by atoms with Crippen LogP contribution in [0.3, 0.4) is 0 Å². The highest BCUT2D eigenvalue weighted by Crippen LogP contribution is 2.40. The van der Waals surface area contributed by atoms with Gasteiger partial charge in [0.1, 0.15) is 0 Å². The van der Waals surface area contributed by atoms with Crippen molar-refractivity contribution in [3.8, 4) is 17.2 Å². The summed E-state index contributed by atoms with van der Waals surface area (Å²) in [5.74, 6) is 3.82. The molecule has 2 atom stereocenters. The van der Waals surface area contributed by atoms with Crippen LogP contribution < -0.4 is 19.5 Å². The Kier molecular flexibility index (Phi) is 7.69. The van der Waals surface area contributed by atoms with Gasteiger partial charge in [-0.3, -0.25) is 0 Å². The zero-order chi connectivity index (χ0) is 21.7. The fourth-order valence-corrected chi connectivity index (χ4v) is 4.98. The summed E-state index contributed by atoms with van der Waals surface area (Å²) in [7, 11) is 4.70. The summed E-state index contributed by atoms with van der Waals surface area (Å²) in [6.45, 7) is 9.90. The number of amides is 2. The summed E-state index contributed by atoms with van der Waals surface area (Å²) in [5, 5.41) is 2.98. The maximum absolute atomic E-state index is 12.8. The minimum atomic E-state index is -0.0806. The molecule has 2 aliphatic rings. The van der Waals surface area contributed by atoms with Gasteiger partial charge >= 0.3 is 6.03 Å². The fourth-order valence-electron chi connectivity index (χ4n) is 4.98. The monoisotopic (exact) mass is 419 g/mol. The quantitative estimate of drug-likeness (QED) is 0.757. The lowest BCUT2D eigenvalue weighted by Gasteiger charge is -2.39. The number of piperidine rings is 2. The summed E-state index contributed by atoms with van der Waals surface area (Å²) >= 11 is 0. The first-order valence-corrected chi connectivity index (χ1v) is 11.0. The Morgan fingerprint density at radius 3 is 2.07 bits per heavy atom. The average Bonchev–Trinajstić information content (AvgIpc) is 2.72. The van der Waals surface area contributed by atoms with Gasteiger partial charge in [-0.1, -0.05) is 13.8 Å². The van der Waals surface area contributed by atoms with Crippen LogP contribution in [-0.4, -0.2) is 69.9 Å². The first-order chi connectivity index (χ1) is 14.4. The van der Waals surface area contributed by atoms with E-state index < -0.39 is 0 Å². The van der Waals surface area contributed by atoms with Gasteiger partial charge in [0.2, 0.25) is 5.75 Å². The van der Waals surface area contributed by atoms with Crippen molar-refractivity contribution in [2.45, 2.75) is 33.1 Å². The van der Waals surface area contributed by atoms with E-state index in [2.05, 4.69) is 24.1 Å². The lowest BCUT2D eigenvalue weighted by atomic mass is 9.89. The predicted molar refractivity (Wildman–Crippen MR) is 119 cm³/mol. The van der Waals surface area contributed by atoms with Gasteiger partial charge in [0.15, 0.2) is 11.5 Å². The van der Waals surface area contributed by atoms with Gasteiger partial charge in [-0.15, -0.1) is 0 Å². The topological polar surface area (TPSA) is 63.3 Å². The molecule has 2 saturated heterocycles. The first kappa shape index (κ1) is 22.5. The van der Waals surface area contributed by atoms with E-state index in [1.165, 1.54) is 19.5 Å². The zero-order valence-corrected chi connectivity index (χ0v) is 19.1. The van der Waals surface area contributed by atoms with E-state index in [4.69, 9.17) is 14.2 Å². The molecule has 7 nitrogen and oxygen atoms in total. The van der Waals surface area contributed by atoms with Gasteiger partial charge in [-0.05, 0) is 37.0 Å². The second-order valence-corrected chi connectivity index (χ2v) is 8.94. The van der Waals surface area contributed by atoms with Crippen LogP contribution in [0.5, 0.6) is 17.2 Å². The summed E-state index contributed by atoms with van der Waals surface area (Å²) in [4.78, 5) is 17.3. The highest BCUT2D eigenvalue weighted by molar-refractivity contribution is 5.90. The van der Waals surface area contributed by atoms with Crippen LogP contribution in [0.2, 0.25) is 0 Å². The Morgan fingerprint density at radius 2 is 1.57 bits per heavy atom. The van der Waals surface area contributed by atoms with Crippen molar-refractivity contribution in [2.24, 2.45) is 17.8 Å². The molecule has 0 aromatic heterocycles. The highest BCUT2D eigenvalue weighted by atomic mass is 16.5. The van der Waals surface area contributed by atoms with Crippen molar-refractivity contribution in [2.75, 3.05) is 59.4 Å². The Bertz CT molecular complexity index is 683. The molecule has 1 aromatic rings. The van der Waals surface area contributed by atoms with Crippen molar-refractivity contribution in [3.63, 3.8) is 0 Å². The van der Waals surface area contributed by atoms with Crippen molar-refractivity contribution < 1.29 is 19.0 Å². The number of nitrogens with one attached hydrogen (secondary N) is 1. The summed E-state index contributed by atoms with van der Waals surface area (Å²) in [6.07, 6.45) is 3.46. The van der Waals surface area contributed by atoms with Gasteiger partial charge in [-0.25, -0.2) is 4.79 Å². The molecule has 168 valence electrons. The maximum Gasteiger partial charge on any atom is 0.321 e. The van der Waals surface area contributed by atoms with Crippen molar-refractivity contribution >= 4 is 11.7 Å². The number of nitrogens with zero attached hydrogens (tertiary/aromatic N) is 2. The smallest absolute Gasteiger partial charge is 0.321 e. The molecule has 0 saturated carbocycles. The predicted octanol–water partition coefficient (Wildman–Crippen LogP) is 3.93. The molecule has 2 fully saturated rings. The first-order valence-electron chi connectivity index (χ1n) is 11.0. The van der Waals surface area contributed by atoms with Crippen LogP contribution >= 0.6 is 0 Å². The van der Waals surface area contributed by atoms with Crippen molar-refractivity contribution in [1.29, 1.82) is 0 Å². The molecule has 2 amide bonds. The van der Waals surface area contributed by atoms with E-state index >= 15 is 0 Å². The van der Waals surface area contributed by atoms with E-state index in [0.717, 1.165) is 44.3 Å². The number of benzene rings is 1. The minimum Gasteiger partial charge on any atom is -0.493 e. The molecular formula is C23H37N3O4. The number of carbonyl (C=O) groups excluding carboxylic acids is 1. The number of ether oxygens (including phenoxy) is 3. The molecule has 7 heteroatoms.